The van der Waals surface area contributed by atoms with Gasteiger partial charge in [-0.1, -0.05) is 60.7 Å². The average Bonchev–Trinajstić information content (AvgIpc) is 2.61. The molecule has 27 heavy (non-hydrogen) atoms. The minimum Gasteiger partial charge on any atom is -0.291 e. The van der Waals surface area contributed by atoms with Crippen molar-refractivity contribution in [1.82, 2.24) is 9.62 Å². The Morgan fingerprint density at radius 3 is 1.93 bits per heavy atom. The van der Waals surface area contributed by atoms with E-state index >= 15 is 0 Å². The van der Waals surface area contributed by atoms with Gasteiger partial charge >= 0.3 is 0 Å². The van der Waals surface area contributed by atoms with Crippen molar-refractivity contribution in [2.24, 2.45) is 5.41 Å². The van der Waals surface area contributed by atoms with E-state index in [4.69, 9.17) is 0 Å². The van der Waals surface area contributed by atoms with E-state index in [0.717, 1.165) is 19.5 Å². The van der Waals surface area contributed by atoms with Gasteiger partial charge in [-0.25, -0.2) is 8.93 Å². The van der Waals surface area contributed by atoms with Gasteiger partial charge in [-0.3, -0.25) is 4.90 Å². The van der Waals surface area contributed by atoms with Gasteiger partial charge in [-0.05, 0) is 44.7 Å². The van der Waals surface area contributed by atoms with E-state index in [1.54, 1.807) is 0 Å². The summed E-state index contributed by atoms with van der Waals surface area (Å²) in [6.07, 6.45) is 2.37. The van der Waals surface area contributed by atoms with Crippen molar-refractivity contribution < 1.29 is 4.21 Å². The highest BCUT2D eigenvalue weighted by atomic mass is 32.2. The fraction of sp³-hybridized carbons (Fsp3) is 0.478. The standard InChI is InChI=1S/C23H30N2OS/c1-22(2,3)27(26)24-20-14-15-23(20)16-25(17-23)21(18-10-6-4-7-11-18)19-12-8-5-9-13-19/h4-13,20-21,24H,14-17H2,1-3H3. The Kier molecular flexibility index (Phi) is 5.00. The summed E-state index contributed by atoms with van der Waals surface area (Å²) in [4.78, 5) is 2.58. The van der Waals surface area contributed by atoms with Gasteiger partial charge in [0.15, 0.2) is 0 Å². The normalized spacial score (nSPS) is 23.0. The first kappa shape index (κ1) is 18.9. The second-order valence-electron chi connectivity index (χ2n) is 9.08. The third kappa shape index (κ3) is 3.63. The van der Waals surface area contributed by atoms with Crippen LogP contribution in [0.25, 0.3) is 0 Å². The van der Waals surface area contributed by atoms with Crippen LogP contribution >= 0.6 is 0 Å². The molecule has 2 atom stereocenters. The van der Waals surface area contributed by atoms with E-state index < -0.39 is 11.0 Å². The van der Waals surface area contributed by atoms with Crippen LogP contribution in [0.5, 0.6) is 0 Å². The van der Waals surface area contributed by atoms with E-state index in [0.29, 0.717) is 17.5 Å². The van der Waals surface area contributed by atoms with Crippen LogP contribution in [0.3, 0.4) is 0 Å². The fourth-order valence-electron chi connectivity index (χ4n) is 4.40. The monoisotopic (exact) mass is 382 g/mol. The Labute approximate surface area is 165 Å². The van der Waals surface area contributed by atoms with E-state index in [9.17, 15) is 4.21 Å². The lowest BCUT2D eigenvalue weighted by molar-refractivity contribution is -0.0970. The minimum absolute atomic E-state index is 0.211. The molecule has 2 unspecified atom stereocenters. The molecule has 2 fully saturated rings. The van der Waals surface area contributed by atoms with Gasteiger partial charge < -0.3 is 0 Å². The topological polar surface area (TPSA) is 32.3 Å². The number of likely N-dealkylation sites (tertiary alicyclic amines) is 1. The number of hydrogen-bond acceptors (Lipinski definition) is 2. The van der Waals surface area contributed by atoms with E-state index in [1.165, 1.54) is 17.5 Å². The molecule has 1 aliphatic carbocycles. The molecule has 144 valence electrons. The summed E-state index contributed by atoms with van der Waals surface area (Å²) < 4.78 is 15.8. The Morgan fingerprint density at radius 1 is 1.00 bits per heavy atom. The molecule has 3 nitrogen and oxygen atoms in total. The number of nitrogens with one attached hydrogen (secondary N) is 1. The molecule has 2 aliphatic rings. The third-order valence-corrected chi connectivity index (χ3v) is 7.72. The molecule has 1 N–H and O–H groups in total. The Bertz CT molecular complexity index is 755. The van der Waals surface area contributed by atoms with Crippen LogP contribution in [0.4, 0.5) is 0 Å². The zero-order valence-corrected chi connectivity index (χ0v) is 17.3. The highest BCUT2D eigenvalue weighted by molar-refractivity contribution is 7.84. The Balaban J connectivity index is 1.50. The van der Waals surface area contributed by atoms with Crippen molar-refractivity contribution in [3.63, 3.8) is 0 Å². The maximum atomic E-state index is 12.5. The molecule has 0 aromatic heterocycles. The number of rotatable bonds is 5. The quantitative estimate of drug-likeness (QED) is 0.836. The summed E-state index contributed by atoms with van der Waals surface area (Å²) in [5.41, 5.74) is 2.99. The Morgan fingerprint density at radius 2 is 1.52 bits per heavy atom. The van der Waals surface area contributed by atoms with Crippen LogP contribution in [0, 0.1) is 5.41 Å². The summed E-state index contributed by atoms with van der Waals surface area (Å²) in [5, 5.41) is 0. The van der Waals surface area contributed by atoms with Crippen LogP contribution in [0.15, 0.2) is 60.7 Å². The first-order valence-electron chi connectivity index (χ1n) is 9.91. The molecule has 1 saturated heterocycles. The molecule has 1 heterocycles. The third-order valence-electron chi connectivity index (χ3n) is 6.11. The lowest BCUT2D eigenvalue weighted by Crippen LogP contribution is -2.71. The van der Waals surface area contributed by atoms with Crippen LogP contribution in [0.2, 0.25) is 0 Å². The highest BCUT2D eigenvalue weighted by Gasteiger charge is 2.56. The molecule has 1 spiro atoms. The van der Waals surface area contributed by atoms with Gasteiger partial charge in [-0.2, -0.15) is 0 Å². The lowest BCUT2D eigenvalue weighted by atomic mass is 9.59. The highest BCUT2D eigenvalue weighted by Crippen LogP contribution is 2.52. The van der Waals surface area contributed by atoms with Crippen LogP contribution in [-0.2, 0) is 11.0 Å². The molecule has 1 saturated carbocycles. The SMILES string of the molecule is CC(C)(C)S(=O)NC1CCC12CN(C(c1ccccc1)c1ccccc1)C2. The van der Waals surface area contributed by atoms with Crippen molar-refractivity contribution in [3.05, 3.63) is 71.8 Å². The molecule has 4 heteroatoms. The van der Waals surface area contributed by atoms with Gasteiger partial charge in [0.2, 0.25) is 0 Å². The van der Waals surface area contributed by atoms with E-state index in [2.05, 4.69) is 70.3 Å². The van der Waals surface area contributed by atoms with E-state index in [-0.39, 0.29) is 4.75 Å². The van der Waals surface area contributed by atoms with Crippen molar-refractivity contribution in [3.8, 4) is 0 Å². The number of benzene rings is 2. The maximum absolute atomic E-state index is 12.5. The summed E-state index contributed by atoms with van der Waals surface area (Å²) >= 11 is 0. The molecule has 2 aromatic carbocycles. The molecular weight excluding hydrogens is 352 g/mol. The van der Waals surface area contributed by atoms with Crippen molar-refractivity contribution in [2.45, 2.75) is 50.4 Å². The summed E-state index contributed by atoms with van der Waals surface area (Å²) in [7, 11) is -0.993. The molecule has 2 aromatic rings. The number of nitrogens with zero attached hydrogens (tertiary/aromatic N) is 1. The van der Waals surface area contributed by atoms with Gasteiger partial charge in [0.05, 0.1) is 21.8 Å². The average molecular weight is 383 g/mol. The first-order chi connectivity index (χ1) is 12.9. The predicted molar refractivity (Wildman–Crippen MR) is 113 cm³/mol. The molecule has 4 rings (SSSR count). The smallest absolute Gasteiger partial charge is 0.0972 e. The largest absolute Gasteiger partial charge is 0.291 e. The minimum atomic E-state index is -0.993. The molecule has 0 radical (unpaired) electrons. The molecular formula is C23H30N2OS. The zero-order chi connectivity index (χ0) is 19.1. The van der Waals surface area contributed by atoms with Gasteiger partial charge in [-0.15, -0.1) is 0 Å². The summed E-state index contributed by atoms with van der Waals surface area (Å²) in [6.45, 7) is 8.25. The lowest BCUT2D eigenvalue weighted by Gasteiger charge is -2.62. The van der Waals surface area contributed by atoms with Crippen molar-refractivity contribution in [2.75, 3.05) is 13.1 Å². The van der Waals surface area contributed by atoms with Gasteiger partial charge in [0, 0.05) is 24.5 Å². The number of hydrogen-bond donors (Lipinski definition) is 1. The summed E-state index contributed by atoms with van der Waals surface area (Å²) in [6, 6.07) is 22.3. The van der Waals surface area contributed by atoms with Crippen LogP contribution in [0.1, 0.15) is 50.8 Å². The van der Waals surface area contributed by atoms with Crippen molar-refractivity contribution in [1.29, 1.82) is 0 Å². The fourth-order valence-corrected chi connectivity index (χ4v) is 5.38. The first-order valence-corrected chi connectivity index (χ1v) is 11.1. The molecule has 0 amide bonds. The van der Waals surface area contributed by atoms with Crippen molar-refractivity contribution >= 4 is 11.0 Å². The second kappa shape index (κ2) is 7.16. The second-order valence-corrected chi connectivity index (χ2v) is 11.1. The predicted octanol–water partition coefficient (Wildman–Crippen LogP) is 4.29. The van der Waals surface area contributed by atoms with Crippen LogP contribution in [-0.4, -0.2) is 33.0 Å². The summed E-state index contributed by atoms with van der Waals surface area (Å²) in [5.74, 6) is 0. The zero-order valence-electron chi connectivity index (χ0n) is 16.5. The molecule has 0 bridgehead atoms. The van der Waals surface area contributed by atoms with Gasteiger partial charge in [0.1, 0.15) is 0 Å². The van der Waals surface area contributed by atoms with E-state index in [1.807, 2.05) is 20.8 Å². The maximum Gasteiger partial charge on any atom is 0.0972 e. The molecule has 1 aliphatic heterocycles. The van der Waals surface area contributed by atoms with Crippen LogP contribution < -0.4 is 4.72 Å². The Hall–Kier alpha value is -1.49. The van der Waals surface area contributed by atoms with Gasteiger partial charge in [0.25, 0.3) is 0 Å².